The molecule has 1 aromatic carbocycles. The van der Waals surface area contributed by atoms with Crippen molar-refractivity contribution in [3.05, 3.63) is 29.3 Å². The Kier molecular flexibility index (Phi) is 4.34. The summed E-state index contributed by atoms with van der Waals surface area (Å²) in [7, 11) is 1.86. The highest BCUT2D eigenvalue weighted by molar-refractivity contribution is 5.53. The summed E-state index contributed by atoms with van der Waals surface area (Å²) in [6.07, 6.45) is -9.63. The third kappa shape index (κ3) is 3.66. The van der Waals surface area contributed by atoms with Gasteiger partial charge in [0.25, 0.3) is 0 Å². The fraction of sp³-hybridized carbons (Fsp3) is 0.571. The van der Waals surface area contributed by atoms with Crippen LogP contribution in [0.1, 0.15) is 18.1 Å². The molecule has 0 N–H and O–H groups in total. The summed E-state index contributed by atoms with van der Waals surface area (Å²) in [6.45, 7) is 3.33. The topological polar surface area (TPSA) is 6.48 Å². The molecular weight excluding hydrogens is 310 g/mol. The number of alkyl halides is 6. The molecule has 1 atom stereocenters. The van der Waals surface area contributed by atoms with Gasteiger partial charge in [0, 0.05) is 31.4 Å². The lowest BCUT2D eigenvalue weighted by Crippen LogP contribution is -2.50. The largest absolute Gasteiger partial charge is 0.416 e. The molecule has 1 fully saturated rings. The van der Waals surface area contributed by atoms with E-state index in [1.807, 2.05) is 11.9 Å². The third-order valence-electron chi connectivity index (χ3n) is 3.73. The van der Waals surface area contributed by atoms with Crippen molar-refractivity contribution in [2.75, 3.05) is 31.6 Å². The van der Waals surface area contributed by atoms with Crippen LogP contribution in [0, 0.1) is 0 Å². The van der Waals surface area contributed by atoms with Crippen molar-refractivity contribution < 1.29 is 26.3 Å². The molecule has 0 aliphatic carbocycles. The maximum atomic E-state index is 12.9. The standard InChI is InChI=1S/C14H16F6N2/c1-9-8-21(2)3-4-22(9)12-6-10(13(15,16)17)5-11(7-12)14(18,19)20/h5-7,9H,3-4,8H2,1-2H3/t9-/m1/s1. The highest BCUT2D eigenvalue weighted by Crippen LogP contribution is 2.38. The zero-order chi connectivity index (χ0) is 16.7. The second-order valence-corrected chi connectivity index (χ2v) is 5.57. The Morgan fingerprint density at radius 1 is 0.909 bits per heavy atom. The Morgan fingerprint density at radius 3 is 1.82 bits per heavy atom. The fourth-order valence-electron chi connectivity index (χ4n) is 2.63. The number of rotatable bonds is 1. The van der Waals surface area contributed by atoms with Gasteiger partial charge in [-0.25, -0.2) is 0 Å². The van der Waals surface area contributed by atoms with Crippen LogP contribution < -0.4 is 4.90 Å². The maximum Gasteiger partial charge on any atom is 0.416 e. The second kappa shape index (κ2) is 5.64. The van der Waals surface area contributed by atoms with Gasteiger partial charge in [-0.3, -0.25) is 0 Å². The summed E-state index contributed by atoms with van der Waals surface area (Å²) in [5.74, 6) is 0. The van der Waals surface area contributed by atoms with E-state index in [4.69, 9.17) is 0 Å². The Balaban J connectivity index is 2.46. The Bertz CT molecular complexity index is 505. The number of hydrogen-bond acceptors (Lipinski definition) is 2. The van der Waals surface area contributed by atoms with Crippen LogP contribution in [0.15, 0.2) is 18.2 Å². The molecule has 0 spiro atoms. The summed E-state index contributed by atoms with van der Waals surface area (Å²) in [6, 6.07) is 1.57. The fourth-order valence-corrected chi connectivity index (χ4v) is 2.63. The first-order chi connectivity index (χ1) is 9.98. The first kappa shape index (κ1) is 16.9. The molecule has 0 saturated carbocycles. The quantitative estimate of drug-likeness (QED) is 0.723. The van der Waals surface area contributed by atoms with E-state index in [2.05, 4.69) is 0 Å². The number of anilines is 1. The van der Waals surface area contributed by atoms with E-state index in [1.165, 1.54) is 0 Å². The van der Waals surface area contributed by atoms with Crippen molar-refractivity contribution in [3.63, 3.8) is 0 Å². The van der Waals surface area contributed by atoms with Crippen LogP contribution in [0.3, 0.4) is 0 Å². The molecule has 2 nitrogen and oxygen atoms in total. The Labute approximate surface area is 124 Å². The van der Waals surface area contributed by atoms with E-state index < -0.39 is 23.5 Å². The van der Waals surface area contributed by atoms with Crippen LogP contribution in [0.5, 0.6) is 0 Å². The average Bonchev–Trinajstić information content (AvgIpc) is 2.36. The number of piperazine rings is 1. The minimum atomic E-state index is -4.81. The van der Waals surface area contributed by atoms with Gasteiger partial charge in [-0.1, -0.05) is 0 Å². The van der Waals surface area contributed by atoms with Crippen LogP contribution in [0.25, 0.3) is 0 Å². The minimum absolute atomic E-state index is 0.0391. The van der Waals surface area contributed by atoms with E-state index >= 15 is 0 Å². The number of halogens is 6. The van der Waals surface area contributed by atoms with Crippen LogP contribution in [-0.2, 0) is 12.4 Å². The predicted octanol–water partition coefficient (Wildman–Crippen LogP) is 3.86. The Hall–Kier alpha value is -1.44. The van der Waals surface area contributed by atoms with Crippen LogP contribution in [-0.4, -0.2) is 37.6 Å². The third-order valence-corrected chi connectivity index (χ3v) is 3.73. The van der Waals surface area contributed by atoms with Crippen molar-refractivity contribution >= 4 is 5.69 Å². The van der Waals surface area contributed by atoms with E-state index in [0.717, 1.165) is 12.1 Å². The van der Waals surface area contributed by atoms with Gasteiger partial charge in [0.1, 0.15) is 0 Å². The lowest BCUT2D eigenvalue weighted by molar-refractivity contribution is -0.143. The Morgan fingerprint density at radius 2 is 1.41 bits per heavy atom. The predicted molar refractivity (Wildman–Crippen MR) is 70.8 cm³/mol. The SMILES string of the molecule is C[C@@H]1CN(C)CCN1c1cc(C(F)(F)F)cc(C(F)(F)F)c1. The lowest BCUT2D eigenvalue weighted by Gasteiger charge is -2.40. The molecule has 1 aliphatic rings. The molecule has 124 valence electrons. The molecule has 2 rings (SSSR count). The molecule has 1 heterocycles. The summed E-state index contributed by atoms with van der Waals surface area (Å²) in [4.78, 5) is 3.57. The lowest BCUT2D eigenvalue weighted by atomic mass is 10.1. The summed E-state index contributed by atoms with van der Waals surface area (Å²) in [5, 5.41) is 0. The van der Waals surface area contributed by atoms with Gasteiger partial charge in [0.2, 0.25) is 0 Å². The molecule has 22 heavy (non-hydrogen) atoms. The van der Waals surface area contributed by atoms with Crippen molar-refractivity contribution in [3.8, 4) is 0 Å². The van der Waals surface area contributed by atoms with Crippen molar-refractivity contribution in [1.29, 1.82) is 0 Å². The number of benzene rings is 1. The van der Waals surface area contributed by atoms with E-state index in [9.17, 15) is 26.3 Å². The van der Waals surface area contributed by atoms with Crippen LogP contribution in [0.2, 0.25) is 0 Å². The summed E-state index contributed by atoms with van der Waals surface area (Å²) < 4.78 is 77.2. The van der Waals surface area contributed by atoms with Crippen molar-refractivity contribution in [1.82, 2.24) is 4.90 Å². The average molecular weight is 326 g/mol. The number of hydrogen-bond donors (Lipinski definition) is 0. The summed E-state index contributed by atoms with van der Waals surface area (Å²) >= 11 is 0. The first-order valence-corrected chi connectivity index (χ1v) is 6.73. The highest BCUT2D eigenvalue weighted by Gasteiger charge is 2.38. The van der Waals surface area contributed by atoms with E-state index in [0.29, 0.717) is 19.6 Å². The second-order valence-electron chi connectivity index (χ2n) is 5.57. The van der Waals surface area contributed by atoms with E-state index in [1.54, 1.807) is 11.8 Å². The molecule has 8 heteroatoms. The normalized spacial score (nSPS) is 21.3. The van der Waals surface area contributed by atoms with Gasteiger partial charge in [-0.15, -0.1) is 0 Å². The van der Waals surface area contributed by atoms with Gasteiger partial charge in [0.05, 0.1) is 11.1 Å². The number of likely N-dealkylation sites (N-methyl/N-ethyl adjacent to an activating group) is 1. The highest BCUT2D eigenvalue weighted by atomic mass is 19.4. The van der Waals surface area contributed by atoms with Gasteiger partial charge in [-0.05, 0) is 32.2 Å². The summed E-state index contributed by atoms with van der Waals surface area (Å²) in [5.41, 5.74) is -2.59. The van der Waals surface area contributed by atoms with E-state index in [-0.39, 0.29) is 17.8 Å². The van der Waals surface area contributed by atoms with Crippen LogP contribution >= 0.6 is 0 Å². The van der Waals surface area contributed by atoms with Gasteiger partial charge < -0.3 is 9.80 Å². The molecule has 0 amide bonds. The molecule has 0 bridgehead atoms. The zero-order valence-electron chi connectivity index (χ0n) is 12.1. The molecule has 0 aromatic heterocycles. The van der Waals surface area contributed by atoms with Gasteiger partial charge >= 0.3 is 12.4 Å². The van der Waals surface area contributed by atoms with Crippen molar-refractivity contribution in [2.45, 2.75) is 25.3 Å². The maximum absolute atomic E-state index is 12.9. The smallest absolute Gasteiger partial charge is 0.366 e. The molecule has 1 aromatic rings. The first-order valence-electron chi connectivity index (χ1n) is 6.73. The molecule has 0 radical (unpaired) electrons. The monoisotopic (exact) mass is 326 g/mol. The molecule has 1 aliphatic heterocycles. The van der Waals surface area contributed by atoms with Crippen LogP contribution in [0.4, 0.5) is 32.0 Å². The zero-order valence-corrected chi connectivity index (χ0v) is 12.1. The van der Waals surface area contributed by atoms with Gasteiger partial charge in [0.15, 0.2) is 0 Å². The minimum Gasteiger partial charge on any atom is -0.366 e. The van der Waals surface area contributed by atoms with Gasteiger partial charge in [-0.2, -0.15) is 26.3 Å². The van der Waals surface area contributed by atoms with Crippen molar-refractivity contribution in [2.24, 2.45) is 0 Å². The molecular formula is C14H16F6N2. The molecule has 0 unspecified atom stereocenters. The number of nitrogens with zero attached hydrogens (tertiary/aromatic N) is 2. The molecule has 1 saturated heterocycles.